The monoisotopic (exact) mass is 494 g/mol. The Balaban J connectivity index is 1.41. The topological polar surface area (TPSA) is 113 Å². The van der Waals surface area contributed by atoms with Crippen LogP contribution in [0.5, 0.6) is 0 Å². The molecule has 1 aromatic heterocycles. The number of hydrogen-bond acceptors (Lipinski definition) is 8. The van der Waals surface area contributed by atoms with Gasteiger partial charge in [0.2, 0.25) is 0 Å². The van der Waals surface area contributed by atoms with Crippen molar-refractivity contribution in [2.45, 2.75) is 45.6 Å². The quantitative estimate of drug-likeness (QED) is 0.673. The van der Waals surface area contributed by atoms with Gasteiger partial charge in [-0.05, 0) is 20.8 Å². The molecule has 0 bridgehead atoms. The number of hydrogen-bond donors (Lipinski definition) is 1. The summed E-state index contributed by atoms with van der Waals surface area (Å²) in [5, 5.41) is 16.7. The number of benzene rings is 1. The molecule has 4 rings (SSSR count). The number of anilines is 2. The van der Waals surface area contributed by atoms with E-state index < -0.39 is 35.5 Å². The number of aliphatic hydroxyl groups excluding tert-OH is 1. The Morgan fingerprint density at radius 2 is 1.86 bits per heavy atom. The number of carbonyl (C=O) groups is 2. The summed E-state index contributed by atoms with van der Waals surface area (Å²) in [6.07, 6.45) is -0.279. The van der Waals surface area contributed by atoms with Gasteiger partial charge >= 0.3 is 12.2 Å². The zero-order chi connectivity index (χ0) is 25.3. The number of carbonyl (C=O) groups excluding carboxylic acids is 2. The molecule has 0 spiro atoms. The highest BCUT2D eigenvalue weighted by Gasteiger charge is 2.35. The predicted octanol–water partition coefficient (Wildman–Crippen LogP) is 2.13. The highest BCUT2D eigenvalue weighted by atomic mass is 19.1. The smallest absolute Gasteiger partial charge is 0.414 e. The van der Waals surface area contributed by atoms with Crippen molar-refractivity contribution < 1.29 is 33.0 Å². The van der Waals surface area contributed by atoms with E-state index in [1.54, 1.807) is 20.8 Å². The van der Waals surface area contributed by atoms with Crippen molar-refractivity contribution in [3.8, 4) is 0 Å². The molecule has 0 radical (unpaired) electrons. The lowest BCUT2D eigenvalue weighted by Gasteiger charge is -2.37. The Kier molecular flexibility index (Phi) is 6.79. The van der Waals surface area contributed by atoms with Gasteiger partial charge in [0.15, 0.2) is 11.6 Å². The molecule has 13 heteroatoms. The van der Waals surface area contributed by atoms with Gasteiger partial charge in [-0.25, -0.2) is 23.1 Å². The second-order valence-corrected chi connectivity index (χ2v) is 9.42. The van der Waals surface area contributed by atoms with Crippen LogP contribution in [0, 0.1) is 11.6 Å². The van der Waals surface area contributed by atoms with Crippen LogP contribution in [0.1, 0.15) is 26.5 Å². The summed E-state index contributed by atoms with van der Waals surface area (Å²) < 4.78 is 42.1. The fourth-order valence-corrected chi connectivity index (χ4v) is 3.99. The van der Waals surface area contributed by atoms with Crippen LogP contribution in [0.2, 0.25) is 0 Å². The Morgan fingerprint density at radius 3 is 2.43 bits per heavy atom. The molecule has 1 N–H and O–H groups in total. The Hall–Kier alpha value is -3.48. The minimum Gasteiger partial charge on any atom is -0.444 e. The number of cyclic esters (lactones) is 1. The van der Waals surface area contributed by atoms with E-state index in [1.165, 1.54) is 20.7 Å². The standard InChI is InChI=1S/C22H28F2N6O5/c1-22(2,3)35-20(32)28-6-4-27(5-7-28)19-17(23)8-15(9-18(19)24)30-12-16(34-21(30)33)11-29-10-14(13-31)25-26-29/h8-10,16,31H,4-7,11-13H2,1-3H3. The van der Waals surface area contributed by atoms with Gasteiger partial charge < -0.3 is 24.4 Å². The van der Waals surface area contributed by atoms with Gasteiger partial charge in [-0.3, -0.25) is 4.90 Å². The van der Waals surface area contributed by atoms with E-state index in [0.29, 0.717) is 5.69 Å². The van der Waals surface area contributed by atoms with Crippen LogP contribution in [-0.4, -0.2) is 81.6 Å². The third-order valence-electron chi connectivity index (χ3n) is 5.57. The summed E-state index contributed by atoms with van der Waals surface area (Å²) in [5.41, 5.74) is -0.424. The van der Waals surface area contributed by atoms with Crippen molar-refractivity contribution in [2.75, 3.05) is 42.5 Å². The SMILES string of the molecule is CC(C)(C)OC(=O)N1CCN(c2c(F)cc(N3CC(Cn4cc(CO)nn4)OC3=O)cc2F)CC1. The molecule has 3 heterocycles. The molecule has 35 heavy (non-hydrogen) atoms. The van der Waals surface area contributed by atoms with E-state index in [4.69, 9.17) is 14.6 Å². The molecule has 1 unspecified atom stereocenters. The molecule has 2 fully saturated rings. The van der Waals surface area contributed by atoms with Gasteiger partial charge in [0, 0.05) is 38.3 Å². The summed E-state index contributed by atoms with van der Waals surface area (Å²) >= 11 is 0. The summed E-state index contributed by atoms with van der Waals surface area (Å²) in [7, 11) is 0. The van der Waals surface area contributed by atoms with Crippen LogP contribution in [0.15, 0.2) is 18.3 Å². The minimum absolute atomic E-state index is 0.0401. The molecule has 2 aliphatic rings. The van der Waals surface area contributed by atoms with Crippen molar-refractivity contribution in [1.82, 2.24) is 19.9 Å². The van der Waals surface area contributed by atoms with E-state index in [-0.39, 0.29) is 57.3 Å². The Bertz CT molecular complexity index is 1070. The zero-order valence-electron chi connectivity index (χ0n) is 19.8. The first-order valence-electron chi connectivity index (χ1n) is 11.2. The van der Waals surface area contributed by atoms with Crippen LogP contribution in [-0.2, 0) is 22.6 Å². The second kappa shape index (κ2) is 9.64. The van der Waals surface area contributed by atoms with E-state index in [9.17, 15) is 9.59 Å². The van der Waals surface area contributed by atoms with Crippen molar-refractivity contribution in [3.63, 3.8) is 0 Å². The fraction of sp³-hybridized carbons (Fsp3) is 0.545. The van der Waals surface area contributed by atoms with Crippen molar-refractivity contribution in [2.24, 2.45) is 0 Å². The fourth-order valence-electron chi connectivity index (χ4n) is 3.99. The molecular weight excluding hydrogens is 466 g/mol. The normalized spacial score (nSPS) is 18.7. The Labute approximate surface area is 200 Å². The van der Waals surface area contributed by atoms with Gasteiger partial charge in [-0.15, -0.1) is 5.10 Å². The number of nitrogens with zero attached hydrogens (tertiary/aromatic N) is 6. The molecule has 2 saturated heterocycles. The maximum absolute atomic E-state index is 15.0. The first kappa shape index (κ1) is 24.6. The van der Waals surface area contributed by atoms with Gasteiger partial charge in [-0.1, -0.05) is 5.21 Å². The molecule has 2 aromatic rings. The summed E-state index contributed by atoms with van der Waals surface area (Å²) in [6, 6.07) is 2.20. The lowest BCUT2D eigenvalue weighted by Crippen LogP contribution is -2.50. The van der Waals surface area contributed by atoms with Gasteiger partial charge in [0.05, 0.1) is 31.6 Å². The first-order valence-corrected chi connectivity index (χ1v) is 11.2. The molecule has 0 aliphatic carbocycles. The Morgan fingerprint density at radius 1 is 1.20 bits per heavy atom. The average Bonchev–Trinajstić information content (AvgIpc) is 3.38. The highest BCUT2D eigenvalue weighted by molar-refractivity contribution is 5.90. The largest absolute Gasteiger partial charge is 0.444 e. The van der Waals surface area contributed by atoms with Crippen LogP contribution in [0.4, 0.5) is 29.7 Å². The molecular formula is C22H28F2N6O5. The number of ether oxygens (including phenoxy) is 2. The molecule has 2 amide bonds. The minimum atomic E-state index is -0.814. The zero-order valence-corrected chi connectivity index (χ0v) is 19.8. The summed E-state index contributed by atoms with van der Waals surface area (Å²) in [5.74, 6) is -1.63. The molecule has 190 valence electrons. The second-order valence-electron chi connectivity index (χ2n) is 9.42. The molecule has 1 aromatic carbocycles. The van der Waals surface area contributed by atoms with Gasteiger partial charge in [-0.2, -0.15) is 0 Å². The highest BCUT2D eigenvalue weighted by Crippen LogP contribution is 2.32. The van der Waals surface area contributed by atoms with Crippen molar-refractivity contribution in [1.29, 1.82) is 0 Å². The predicted molar refractivity (Wildman–Crippen MR) is 120 cm³/mol. The van der Waals surface area contributed by atoms with Crippen LogP contribution < -0.4 is 9.80 Å². The van der Waals surface area contributed by atoms with E-state index in [1.807, 2.05) is 0 Å². The maximum atomic E-state index is 15.0. The molecule has 2 aliphatic heterocycles. The number of halogens is 2. The number of piperazine rings is 1. The molecule has 1 atom stereocenters. The third kappa shape index (κ3) is 5.61. The van der Waals surface area contributed by atoms with Gasteiger partial charge in [0.1, 0.15) is 23.1 Å². The van der Waals surface area contributed by atoms with Crippen molar-refractivity contribution in [3.05, 3.63) is 35.7 Å². The number of amides is 2. The molecule has 11 nitrogen and oxygen atoms in total. The summed E-state index contributed by atoms with van der Waals surface area (Å²) in [4.78, 5) is 28.8. The maximum Gasteiger partial charge on any atom is 0.414 e. The molecule has 0 saturated carbocycles. The number of aliphatic hydroxyl groups is 1. The first-order chi connectivity index (χ1) is 16.5. The lowest BCUT2D eigenvalue weighted by molar-refractivity contribution is 0.0240. The average molecular weight is 494 g/mol. The van der Waals surface area contributed by atoms with Crippen LogP contribution in [0.25, 0.3) is 0 Å². The van der Waals surface area contributed by atoms with Crippen molar-refractivity contribution >= 4 is 23.6 Å². The number of rotatable bonds is 5. The lowest BCUT2D eigenvalue weighted by atomic mass is 10.2. The number of aromatic nitrogens is 3. The van der Waals surface area contributed by atoms with Crippen LogP contribution in [0.3, 0.4) is 0 Å². The van der Waals surface area contributed by atoms with E-state index in [2.05, 4.69) is 10.3 Å². The summed E-state index contributed by atoms with van der Waals surface area (Å²) in [6.45, 7) is 6.28. The van der Waals surface area contributed by atoms with E-state index in [0.717, 1.165) is 17.0 Å². The van der Waals surface area contributed by atoms with E-state index >= 15 is 8.78 Å². The third-order valence-corrected chi connectivity index (χ3v) is 5.57. The van der Waals surface area contributed by atoms with Crippen LogP contribution >= 0.6 is 0 Å². The van der Waals surface area contributed by atoms with Gasteiger partial charge in [0.25, 0.3) is 0 Å².